The summed E-state index contributed by atoms with van der Waals surface area (Å²) in [5.41, 5.74) is 3.94. The lowest BCUT2D eigenvalue weighted by atomic mass is 10.0. The van der Waals surface area contributed by atoms with Gasteiger partial charge >= 0.3 is 0 Å². The molecule has 2 aromatic heterocycles. The van der Waals surface area contributed by atoms with Crippen molar-refractivity contribution in [2.24, 2.45) is 5.10 Å². The lowest BCUT2D eigenvalue weighted by Crippen LogP contribution is -2.18. The highest BCUT2D eigenvalue weighted by Gasteiger charge is 2.32. The molecule has 0 spiro atoms. The van der Waals surface area contributed by atoms with Crippen molar-refractivity contribution >= 4 is 45.1 Å². The number of hydrazone groups is 1. The van der Waals surface area contributed by atoms with Crippen LogP contribution in [0.2, 0.25) is 5.02 Å². The van der Waals surface area contributed by atoms with Crippen LogP contribution in [0.1, 0.15) is 22.9 Å². The number of methoxy groups -OCH3 is 2. The van der Waals surface area contributed by atoms with Crippen molar-refractivity contribution in [1.29, 1.82) is 0 Å². The Bertz CT molecular complexity index is 1250. The van der Waals surface area contributed by atoms with Crippen LogP contribution in [-0.2, 0) is 0 Å². The van der Waals surface area contributed by atoms with Crippen LogP contribution in [0, 0.1) is 0 Å². The third-order valence-corrected chi connectivity index (χ3v) is 7.34. The monoisotopic (exact) mass is 481 g/mol. The minimum Gasteiger partial charge on any atom is -0.497 e. The van der Waals surface area contributed by atoms with Gasteiger partial charge in [-0.3, -0.25) is 0 Å². The number of hydrogen-bond acceptors (Lipinski definition) is 7. The maximum absolute atomic E-state index is 6.13. The number of halogens is 1. The molecule has 3 heterocycles. The molecule has 8 heteroatoms. The van der Waals surface area contributed by atoms with Crippen molar-refractivity contribution in [3.8, 4) is 22.8 Å². The van der Waals surface area contributed by atoms with Crippen molar-refractivity contribution < 1.29 is 9.47 Å². The summed E-state index contributed by atoms with van der Waals surface area (Å²) in [7, 11) is 3.31. The fourth-order valence-corrected chi connectivity index (χ4v) is 5.40. The van der Waals surface area contributed by atoms with Crippen molar-refractivity contribution in [2.75, 3.05) is 19.2 Å². The number of rotatable bonds is 6. The summed E-state index contributed by atoms with van der Waals surface area (Å²) < 4.78 is 11.0. The molecule has 0 amide bonds. The molecule has 2 aromatic carbocycles. The van der Waals surface area contributed by atoms with Gasteiger partial charge < -0.3 is 9.47 Å². The van der Waals surface area contributed by atoms with Gasteiger partial charge in [-0.15, -0.1) is 22.7 Å². The Morgan fingerprint density at radius 2 is 1.88 bits per heavy atom. The Hall–Kier alpha value is -2.87. The molecule has 1 aliphatic rings. The Kier molecular flexibility index (Phi) is 5.87. The highest BCUT2D eigenvalue weighted by molar-refractivity contribution is 7.14. The van der Waals surface area contributed by atoms with Crippen LogP contribution in [0.3, 0.4) is 0 Å². The normalized spacial score (nSPS) is 15.7. The standard InChI is InChI=1S/C24H20ClN3O2S2/c1-29-17-9-10-22(30-2)18(12-17)20-14-32-24(26-20)28-21(15-5-7-16(25)8-6-15)13-19(27-28)23-4-3-11-31-23/h3-12,14,21H,13H2,1-2H3. The van der Waals surface area contributed by atoms with Gasteiger partial charge in [0.05, 0.1) is 36.5 Å². The quantitative estimate of drug-likeness (QED) is 0.300. The molecule has 0 saturated heterocycles. The number of aromatic nitrogens is 1. The first-order valence-corrected chi connectivity index (χ1v) is 12.1. The van der Waals surface area contributed by atoms with Crippen LogP contribution >= 0.6 is 34.3 Å². The van der Waals surface area contributed by atoms with E-state index in [1.54, 1.807) is 36.9 Å². The Morgan fingerprint density at radius 3 is 2.59 bits per heavy atom. The van der Waals surface area contributed by atoms with E-state index in [1.807, 2.05) is 40.7 Å². The lowest BCUT2D eigenvalue weighted by Gasteiger charge is -2.21. The van der Waals surface area contributed by atoms with Gasteiger partial charge in [0.2, 0.25) is 5.13 Å². The average Bonchev–Trinajstić information content (AvgIpc) is 3.59. The van der Waals surface area contributed by atoms with Crippen molar-refractivity contribution in [1.82, 2.24) is 4.98 Å². The van der Waals surface area contributed by atoms with Gasteiger partial charge in [-0.2, -0.15) is 5.10 Å². The summed E-state index contributed by atoms with van der Waals surface area (Å²) in [6, 6.07) is 17.9. The van der Waals surface area contributed by atoms with E-state index < -0.39 is 0 Å². The zero-order valence-corrected chi connectivity index (χ0v) is 19.9. The smallest absolute Gasteiger partial charge is 0.207 e. The number of thiazole rings is 1. The summed E-state index contributed by atoms with van der Waals surface area (Å²) in [4.78, 5) is 6.11. The van der Waals surface area contributed by atoms with E-state index in [2.05, 4.69) is 29.6 Å². The molecule has 1 atom stereocenters. The Balaban J connectivity index is 1.54. The summed E-state index contributed by atoms with van der Waals surface area (Å²) in [5, 5.41) is 12.7. The molecule has 5 rings (SSSR count). The number of nitrogens with zero attached hydrogens (tertiary/aromatic N) is 3. The third-order valence-electron chi connectivity index (χ3n) is 5.34. The molecule has 0 aliphatic carbocycles. The average molecular weight is 482 g/mol. The van der Waals surface area contributed by atoms with Gasteiger partial charge in [0.1, 0.15) is 11.5 Å². The SMILES string of the molecule is COc1ccc(OC)c(-c2csc(N3N=C(c4cccs4)CC3c3ccc(Cl)cc3)n2)c1. The third kappa shape index (κ3) is 3.99. The molecule has 0 radical (unpaired) electrons. The predicted octanol–water partition coefficient (Wildman–Crippen LogP) is 6.90. The molecule has 0 fully saturated rings. The largest absolute Gasteiger partial charge is 0.497 e. The molecule has 5 nitrogen and oxygen atoms in total. The predicted molar refractivity (Wildman–Crippen MR) is 133 cm³/mol. The highest BCUT2D eigenvalue weighted by Crippen LogP contribution is 2.41. The maximum atomic E-state index is 6.13. The topological polar surface area (TPSA) is 47.0 Å². The first-order chi connectivity index (χ1) is 15.7. The number of ether oxygens (including phenoxy) is 2. The van der Waals surface area contributed by atoms with Gasteiger partial charge in [-0.1, -0.05) is 29.8 Å². The fourth-order valence-electron chi connectivity index (χ4n) is 3.73. The number of benzene rings is 2. The van der Waals surface area contributed by atoms with E-state index in [4.69, 9.17) is 31.2 Å². The molecule has 32 heavy (non-hydrogen) atoms. The van der Waals surface area contributed by atoms with Crippen LogP contribution in [-0.4, -0.2) is 24.9 Å². The second-order valence-electron chi connectivity index (χ2n) is 7.22. The van der Waals surface area contributed by atoms with E-state index in [0.29, 0.717) is 0 Å². The molecule has 0 N–H and O–H groups in total. The molecule has 0 saturated carbocycles. The fraction of sp³-hybridized carbons (Fsp3) is 0.167. The summed E-state index contributed by atoms with van der Waals surface area (Å²) >= 11 is 9.40. The van der Waals surface area contributed by atoms with Gasteiger partial charge in [0.25, 0.3) is 0 Å². The molecule has 4 aromatic rings. The summed E-state index contributed by atoms with van der Waals surface area (Å²) in [6.07, 6.45) is 0.805. The molecule has 162 valence electrons. The highest BCUT2D eigenvalue weighted by atomic mass is 35.5. The van der Waals surface area contributed by atoms with E-state index in [0.717, 1.165) is 50.6 Å². The Morgan fingerprint density at radius 1 is 1.03 bits per heavy atom. The molecule has 1 unspecified atom stereocenters. The molecule has 0 bridgehead atoms. The van der Waals surface area contributed by atoms with Crippen LogP contribution < -0.4 is 14.5 Å². The first-order valence-electron chi connectivity index (χ1n) is 10.00. The van der Waals surface area contributed by atoms with E-state index in [-0.39, 0.29) is 6.04 Å². The van der Waals surface area contributed by atoms with Crippen molar-refractivity contribution in [3.05, 3.63) is 80.8 Å². The van der Waals surface area contributed by atoms with E-state index in [9.17, 15) is 0 Å². The number of anilines is 1. The van der Waals surface area contributed by atoms with Crippen LogP contribution in [0.4, 0.5) is 5.13 Å². The maximum Gasteiger partial charge on any atom is 0.207 e. The summed E-state index contributed by atoms with van der Waals surface area (Å²) in [6.45, 7) is 0. The van der Waals surface area contributed by atoms with Gasteiger partial charge in [-0.25, -0.2) is 9.99 Å². The van der Waals surface area contributed by atoms with Gasteiger partial charge in [-0.05, 0) is 47.3 Å². The minimum atomic E-state index is 0.0515. The molecular weight excluding hydrogens is 462 g/mol. The van der Waals surface area contributed by atoms with Crippen LogP contribution in [0.15, 0.2) is 70.5 Å². The number of thiophene rings is 1. The number of hydrogen-bond donors (Lipinski definition) is 0. The van der Waals surface area contributed by atoms with Crippen molar-refractivity contribution in [3.63, 3.8) is 0 Å². The minimum absolute atomic E-state index is 0.0515. The van der Waals surface area contributed by atoms with Crippen molar-refractivity contribution in [2.45, 2.75) is 12.5 Å². The second-order valence-corrected chi connectivity index (χ2v) is 9.44. The van der Waals surface area contributed by atoms with E-state index in [1.165, 1.54) is 4.88 Å². The molecular formula is C24H20ClN3O2S2. The lowest BCUT2D eigenvalue weighted by molar-refractivity contribution is 0.404. The van der Waals surface area contributed by atoms with Crippen LogP contribution in [0.5, 0.6) is 11.5 Å². The van der Waals surface area contributed by atoms with Crippen LogP contribution in [0.25, 0.3) is 11.3 Å². The zero-order chi connectivity index (χ0) is 22.1. The zero-order valence-electron chi connectivity index (χ0n) is 17.5. The first kappa shape index (κ1) is 21.0. The Labute approximate surface area is 199 Å². The van der Waals surface area contributed by atoms with Gasteiger partial charge in [0, 0.05) is 22.4 Å². The summed E-state index contributed by atoms with van der Waals surface area (Å²) in [5.74, 6) is 1.51. The van der Waals surface area contributed by atoms with Gasteiger partial charge in [0.15, 0.2) is 0 Å². The second kappa shape index (κ2) is 8.94. The van der Waals surface area contributed by atoms with E-state index >= 15 is 0 Å². The molecule has 1 aliphatic heterocycles.